The summed E-state index contributed by atoms with van der Waals surface area (Å²) in [5.41, 5.74) is 2.79. The highest BCUT2D eigenvalue weighted by Crippen LogP contribution is 2.24. The summed E-state index contributed by atoms with van der Waals surface area (Å²) in [5, 5.41) is 8.82. The van der Waals surface area contributed by atoms with Crippen LogP contribution in [-0.2, 0) is 0 Å². The molecule has 0 aliphatic carbocycles. The number of ether oxygens (including phenoxy) is 1. The van der Waals surface area contributed by atoms with Crippen LogP contribution in [0.2, 0.25) is 0 Å². The molecule has 0 saturated carbocycles. The Hall–Kier alpha value is -1.46. The summed E-state index contributed by atoms with van der Waals surface area (Å²) in [4.78, 5) is 2.15. The van der Waals surface area contributed by atoms with E-state index in [1.165, 1.54) is 11.3 Å². The molecule has 1 aromatic heterocycles. The Morgan fingerprint density at radius 2 is 2.22 bits per heavy atom. The van der Waals surface area contributed by atoms with Crippen LogP contribution in [0.5, 0.6) is 5.75 Å². The summed E-state index contributed by atoms with van der Waals surface area (Å²) in [6.45, 7) is 1.77. The van der Waals surface area contributed by atoms with Crippen LogP contribution in [0.15, 0.2) is 29.8 Å². The minimum absolute atomic E-state index is 0.734. The predicted octanol–water partition coefficient (Wildman–Crippen LogP) is 2.54. The van der Waals surface area contributed by atoms with Gasteiger partial charge in [-0.05, 0) is 32.6 Å². The van der Waals surface area contributed by atoms with Crippen molar-refractivity contribution in [2.45, 2.75) is 6.42 Å². The first kappa shape index (κ1) is 13.0. The fourth-order valence-electron chi connectivity index (χ4n) is 1.59. The first-order valence-corrected chi connectivity index (χ1v) is 6.78. The predicted molar refractivity (Wildman–Crippen MR) is 74.0 cm³/mol. The zero-order chi connectivity index (χ0) is 12.8. The lowest BCUT2D eigenvalue weighted by atomic mass is 10.2. The molecule has 0 spiro atoms. The zero-order valence-corrected chi connectivity index (χ0v) is 11.5. The lowest BCUT2D eigenvalue weighted by Gasteiger charge is -2.10. The van der Waals surface area contributed by atoms with Gasteiger partial charge in [-0.25, -0.2) is 0 Å². The van der Waals surface area contributed by atoms with Crippen LogP contribution >= 0.6 is 11.3 Å². The molecule has 0 unspecified atom stereocenters. The number of nitrogens with zero attached hydrogens (tertiary/aromatic N) is 3. The van der Waals surface area contributed by atoms with E-state index in [-0.39, 0.29) is 0 Å². The van der Waals surface area contributed by atoms with Crippen molar-refractivity contribution in [2.75, 3.05) is 27.2 Å². The Balaban J connectivity index is 1.92. The number of benzene rings is 1. The average molecular weight is 263 g/mol. The number of hydrogen-bond acceptors (Lipinski definition) is 5. The van der Waals surface area contributed by atoms with Gasteiger partial charge in [0.25, 0.3) is 0 Å². The van der Waals surface area contributed by atoms with E-state index in [0.29, 0.717) is 0 Å². The highest BCUT2D eigenvalue weighted by molar-refractivity contribution is 7.12. The Morgan fingerprint density at radius 1 is 1.33 bits per heavy atom. The molecule has 0 radical (unpaired) electrons. The minimum atomic E-state index is 0.734. The Kier molecular flexibility index (Phi) is 4.66. The molecule has 18 heavy (non-hydrogen) atoms. The van der Waals surface area contributed by atoms with E-state index in [0.717, 1.165) is 35.9 Å². The maximum absolute atomic E-state index is 5.72. The molecule has 96 valence electrons. The van der Waals surface area contributed by atoms with Crippen molar-refractivity contribution < 1.29 is 4.74 Å². The molecule has 4 nitrogen and oxygen atoms in total. The van der Waals surface area contributed by atoms with Crippen LogP contribution in [0.1, 0.15) is 6.42 Å². The molecule has 0 aliphatic heterocycles. The third kappa shape index (κ3) is 3.78. The van der Waals surface area contributed by atoms with Crippen molar-refractivity contribution in [3.8, 4) is 16.3 Å². The second-order valence-electron chi connectivity index (χ2n) is 4.28. The fraction of sp³-hybridized carbons (Fsp3) is 0.385. The van der Waals surface area contributed by atoms with Gasteiger partial charge in [-0.15, -0.1) is 10.2 Å². The van der Waals surface area contributed by atoms with E-state index in [1.807, 2.05) is 24.3 Å². The maximum atomic E-state index is 5.72. The van der Waals surface area contributed by atoms with E-state index >= 15 is 0 Å². The van der Waals surface area contributed by atoms with Gasteiger partial charge < -0.3 is 9.64 Å². The van der Waals surface area contributed by atoms with Gasteiger partial charge in [0.15, 0.2) is 0 Å². The van der Waals surface area contributed by atoms with Crippen LogP contribution in [-0.4, -0.2) is 42.3 Å². The fourth-order valence-corrected chi connectivity index (χ4v) is 2.14. The van der Waals surface area contributed by atoms with Crippen molar-refractivity contribution in [1.29, 1.82) is 0 Å². The van der Waals surface area contributed by atoms with Crippen LogP contribution in [0.3, 0.4) is 0 Å². The quantitative estimate of drug-likeness (QED) is 0.751. The standard InChI is InChI=1S/C13H17N3OS/c1-16(2)7-4-8-17-12-6-3-5-11(9-12)13-15-14-10-18-13/h3,5-6,9-10H,4,7-8H2,1-2H3. The molecule has 5 heteroatoms. The molecule has 0 aliphatic rings. The third-order valence-electron chi connectivity index (χ3n) is 2.46. The summed E-state index contributed by atoms with van der Waals surface area (Å²) < 4.78 is 5.72. The second kappa shape index (κ2) is 6.47. The largest absolute Gasteiger partial charge is 0.494 e. The van der Waals surface area contributed by atoms with Gasteiger partial charge in [0.05, 0.1) is 6.61 Å². The van der Waals surface area contributed by atoms with Crippen LogP contribution in [0.25, 0.3) is 10.6 Å². The average Bonchev–Trinajstić information content (AvgIpc) is 2.89. The van der Waals surface area contributed by atoms with E-state index in [4.69, 9.17) is 4.74 Å². The van der Waals surface area contributed by atoms with Crippen LogP contribution in [0.4, 0.5) is 0 Å². The summed E-state index contributed by atoms with van der Waals surface area (Å²) >= 11 is 1.53. The third-order valence-corrected chi connectivity index (χ3v) is 3.20. The maximum Gasteiger partial charge on any atom is 0.147 e. The minimum Gasteiger partial charge on any atom is -0.494 e. The molecule has 2 aromatic rings. The van der Waals surface area contributed by atoms with Crippen molar-refractivity contribution in [1.82, 2.24) is 15.1 Å². The van der Waals surface area contributed by atoms with Crippen LogP contribution in [0, 0.1) is 0 Å². The molecule has 0 atom stereocenters. The number of hydrogen-bond donors (Lipinski definition) is 0. The van der Waals surface area contributed by atoms with E-state index in [2.05, 4.69) is 29.2 Å². The molecular weight excluding hydrogens is 246 g/mol. The topological polar surface area (TPSA) is 38.2 Å². The van der Waals surface area contributed by atoms with Gasteiger partial charge in [0.2, 0.25) is 0 Å². The first-order chi connectivity index (χ1) is 8.75. The molecular formula is C13H17N3OS. The van der Waals surface area contributed by atoms with Gasteiger partial charge >= 0.3 is 0 Å². The lowest BCUT2D eigenvalue weighted by molar-refractivity contribution is 0.281. The second-order valence-corrected chi connectivity index (χ2v) is 5.11. The molecule has 2 rings (SSSR count). The molecule has 1 aromatic carbocycles. The molecule has 0 fully saturated rings. The molecule has 0 amide bonds. The van der Waals surface area contributed by atoms with Gasteiger partial charge in [-0.1, -0.05) is 23.5 Å². The summed E-state index contributed by atoms with van der Waals surface area (Å²) in [5.74, 6) is 0.890. The summed E-state index contributed by atoms with van der Waals surface area (Å²) in [7, 11) is 4.13. The van der Waals surface area contributed by atoms with Gasteiger partial charge in [0.1, 0.15) is 16.3 Å². The first-order valence-electron chi connectivity index (χ1n) is 5.90. The van der Waals surface area contributed by atoms with E-state index in [9.17, 15) is 0 Å². The van der Waals surface area contributed by atoms with E-state index in [1.54, 1.807) is 5.51 Å². The Labute approximate surface area is 111 Å². The highest BCUT2D eigenvalue weighted by Gasteiger charge is 2.03. The van der Waals surface area contributed by atoms with Gasteiger partial charge in [0, 0.05) is 12.1 Å². The molecule has 0 bridgehead atoms. The molecule has 0 N–H and O–H groups in total. The van der Waals surface area contributed by atoms with Crippen molar-refractivity contribution in [3.63, 3.8) is 0 Å². The van der Waals surface area contributed by atoms with E-state index < -0.39 is 0 Å². The number of rotatable bonds is 6. The number of aromatic nitrogens is 2. The Morgan fingerprint density at radius 3 is 2.94 bits per heavy atom. The lowest BCUT2D eigenvalue weighted by Crippen LogP contribution is -2.15. The summed E-state index contributed by atoms with van der Waals surface area (Å²) in [6.07, 6.45) is 1.02. The summed E-state index contributed by atoms with van der Waals surface area (Å²) in [6, 6.07) is 7.99. The SMILES string of the molecule is CN(C)CCCOc1cccc(-c2nncs2)c1. The van der Waals surface area contributed by atoms with Crippen molar-refractivity contribution >= 4 is 11.3 Å². The monoisotopic (exact) mass is 263 g/mol. The smallest absolute Gasteiger partial charge is 0.147 e. The van der Waals surface area contributed by atoms with Crippen LogP contribution < -0.4 is 4.74 Å². The highest BCUT2D eigenvalue weighted by atomic mass is 32.1. The molecule has 0 saturated heterocycles. The van der Waals surface area contributed by atoms with Crippen molar-refractivity contribution in [3.05, 3.63) is 29.8 Å². The van der Waals surface area contributed by atoms with Gasteiger partial charge in [-0.3, -0.25) is 0 Å². The van der Waals surface area contributed by atoms with Crippen molar-refractivity contribution in [2.24, 2.45) is 0 Å². The van der Waals surface area contributed by atoms with Gasteiger partial charge in [-0.2, -0.15) is 0 Å². The molecule has 1 heterocycles. The Bertz CT molecular complexity index is 471. The normalized spacial score (nSPS) is 10.8. The zero-order valence-electron chi connectivity index (χ0n) is 10.7.